The summed E-state index contributed by atoms with van der Waals surface area (Å²) in [6.07, 6.45) is 0.491. The van der Waals surface area contributed by atoms with Crippen LogP contribution in [0.5, 0.6) is 0 Å². The number of thioether (sulfide) groups is 1. The molecule has 5 aromatic rings. The highest BCUT2D eigenvalue weighted by Gasteiger charge is 2.45. The quantitative estimate of drug-likeness (QED) is 0.165. The van der Waals surface area contributed by atoms with Gasteiger partial charge in [-0.15, -0.1) is 10.2 Å². The number of aromatic nitrogens is 7. The van der Waals surface area contributed by atoms with Crippen molar-refractivity contribution in [3.8, 4) is 5.69 Å². The number of esters is 1. The second-order valence-corrected chi connectivity index (χ2v) is 11.8. The Balaban J connectivity index is 1.02. The molecule has 1 saturated carbocycles. The van der Waals surface area contributed by atoms with Crippen molar-refractivity contribution in [3.05, 3.63) is 59.3 Å². The number of rotatable bonds is 8. The molecular weight excluding hydrogens is 628 g/mol. The summed E-state index contributed by atoms with van der Waals surface area (Å²) < 4.78 is 15.1. The third-order valence-corrected chi connectivity index (χ3v) is 8.93. The van der Waals surface area contributed by atoms with Crippen molar-refractivity contribution in [3.63, 3.8) is 0 Å². The molecule has 2 fully saturated rings. The standard InChI is InChI=1S/C27H25BrN8O5S/c28-26-33-34-27(36(26)17-8-7-14(13-5-6-13)15-3-1-2-4-16(15)17)42-10-19(37)40-9-18-21(38)22(39)25(41-18)35-12-32-20-23(29)30-11-31-24(20)35/h1-4,7-8,11-13,18,21-22,25,38-39H,5-6,9-10H2,(H2,29,30,31)/t18-,21?,22+,25-/m1/s1. The van der Waals surface area contributed by atoms with Gasteiger partial charge in [-0.05, 0) is 51.7 Å². The molecule has 1 aliphatic heterocycles. The summed E-state index contributed by atoms with van der Waals surface area (Å²) in [5.41, 5.74) is 8.79. The average Bonchev–Trinajstić information content (AvgIpc) is 3.55. The number of ether oxygens (including phenoxy) is 2. The maximum absolute atomic E-state index is 12.7. The van der Waals surface area contributed by atoms with E-state index in [1.54, 1.807) is 0 Å². The molecule has 0 spiro atoms. The summed E-state index contributed by atoms with van der Waals surface area (Å²) in [5, 5.41) is 32.5. The van der Waals surface area contributed by atoms with Crippen molar-refractivity contribution in [1.82, 2.24) is 34.3 Å². The molecule has 216 valence electrons. The number of aliphatic hydroxyl groups excluding tert-OH is 2. The molecule has 4 atom stereocenters. The van der Waals surface area contributed by atoms with Gasteiger partial charge in [-0.1, -0.05) is 42.1 Å². The zero-order valence-corrected chi connectivity index (χ0v) is 24.3. The van der Waals surface area contributed by atoms with E-state index in [4.69, 9.17) is 15.2 Å². The Morgan fingerprint density at radius 2 is 1.90 bits per heavy atom. The number of halogens is 1. The van der Waals surface area contributed by atoms with E-state index in [9.17, 15) is 15.0 Å². The lowest BCUT2D eigenvalue weighted by Crippen LogP contribution is -2.34. The zero-order chi connectivity index (χ0) is 29.0. The summed E-state index contributed by atoms with van der Waals surface area (Å²) in [4.78, 5) is 24.9. The maximum Gasteiger partial charge on any atom is 0.316 e. The Morgan fingerprint density at radius 3 is 2.71 bits per heavy atom. The third kappa shape index (κ3) is 4.80. The first-order valence-electron chi connectivity index (χ1n) is 13.3. The van der Waals surface area contributed by atoms with Gasteiger partial charge in [0, 0.05) is 5.39 Å². The van der Waals surface area contributed by atoms with E-state index in [1.807, 2.05) is 16.7 Å². The first-order valence-corrected chi connectivity index (χ1v) is 15.0. The minimum Gasteiger partial charge on any atom is -0.462 e. The van der Waals surface area contributed by atoms with Crippen molar-refractivity contribution in [1.29, 1.82) is 0 Å². The number of fused-ring (bicyclic) bond motifs is 2. The molecule has 0 bridgehead atoms. The van der Waals surface area contributed by atoms with E-state index >= 15 is 0 Å². The molecule has 1 aliphatic carbocycles. The van der Waals surface area contributed by atoms with Crippen LogP contribution in [0.4, 0.5) is 5.82 Å². The van der Waals surface area contributed by atoms with Crippen LogP contribution in [-0.4, -0.2) is 81.1 Å². The summed E-state index contributed by atoms with van der Waals surface area (Å²) in [7, 11) is 0. The SMILES string of the molecule is Nc1ncnc2c1ncn2[C@@H]1O[C@H](COC(=O)CSc2nnc(Br)n2-c2ccc(C3CC3)c3ccccc23)C(O)[C@@H]1O. The lowest BCUT2D eigenvalue weighted by molar-refractivity contribution is -0.146. The van der Waals surface area contributed by atoms with Crippen molar-refractivity contribution in [2.24, 2.45) is 0 Å². The normalized spacial score (nSPS) is 22.3. The number of nitrogen functional groups attached to an aromatic ring is 1. The van der Waals surface area contributed by atoms with Gasteiger partial charge < -0.3 is 25.4 Å². The highest BCUT2D eigenvalue weighted by molar-refractivity contribution is 9.10. The number of hydrogen-bond acceptors (Lipinski definition) is 12. The van der Waals surface area contributed by atoms with Crippen molar-refractivity contribution < 1.29 is 24.5 Å². The van der Waals surface area contributed by atoms with Gasteiger partial charge in [0.1, 0.15) is 36.8 Å². The Kier molecular flexibility index (Phi) is 7.06. The van der Waals surface area contributed by atoms with Crippen LogP contribution in [0.3, 0.4) is 0 Å². The van der Waals surface area contributed by atoms with Gasteiger partial charge in [-0.25, -0.2) is 15.0 Å². The minimum atomic E-state index is -1.31. The van der Waals surface area contributed by atoms with Crippen LogP contribution >= 0.6 is 27.7 Å². The summed E-state index contributed by atoms with van der Waals surface area (Å²) in [5.74, 6) is 0.186. The molecule has 4 heterocycles. The molecule has 2 aliphatic rings. The zero-order valence-electron chi connectivity index (χ0n) is 21.9. The summed E-state index contributed by atoms with van der Waals surface area (Å²) in [6.45, 7) is -0.262. The van der Waals surface area contributed by atoms with Gasteiger partial charge in [0.05, 0.1) is 17.8 Å². The molecule has 0 amide bonds. The fourth-order valence-corrected chi connectivity index (χ4v) is 6.59. The number of carbonyl (C=O) groups excluding carboxylic acids is 1. The van der Waals surface area contributed by atoms with E-state index in [2.05, 4.69) is 65.3 Å². The smallest absolute Gasteiger partial charge is 0.316 e. The highest BCUT2D eigenvalue weighted by Crippen LogP contribution is 2.44. The van der Waals surface area contributed by atoms with Gasteiger partial charge in [-0.3, -0.25) is 13.9 Å². The number of imidazole rings is 1. The minimum absolute atomic E-state index is 0.0552. The predicted octanol–water partition coefficient (Wildman–Crippen LogP) is 2.74. The van der Waals surface area contributed by atoms with Crippen molar-refractivity contribution in [2.75, 3.05) is 18.1 Å². The highest BCUT2D eigenvalue weighted by atomic mass is 79.9. The molecule has 0 radical (unpaired) electrons. The van der Waals surface area contributed by atoms with Crippen LogP contribution in [-0.2, 0) is 14.3 Å². The molecule has 13 nitrogen and oxygen atoms in total. The number of aliphatic hydroxyl groups is 2. The van der Waals surface area contributed by atoms with Crippen LogP contribution in [0.1, 0.15) is 30.6 Å². The van der Waals surface area contributed by atoms with Crippen LogP contribution in [0.2, 0.25) is 0 Å². The molecule has 15 heteroatoms. The van der Waals surface area contributed by atoms with Crippen LogP contribution < -0.4 is 5.73 Å². The molecule has 2 aromatic carbocycles. The Labute approximate surface area is 251 Å². The van der Waals surface area contributed by atoms with Crippen LogP contribution in [0.25, 0.3) is 27.6 Å². The van der Waals surface area contributed by atoms with Gasteiger partial charge in [0.25, 0.3) is 0 Å². The largest absolute Gasteiger partial charge is 0.462 e. The van der Waals surface area contributed by atoms with E-state index in [0.29, 0.717) is 27.0 Å². The molecular formula is C27H25BrN8O5S. The van der Waals surface area contributed by atoms with Gasteiger partial charge >= 0.3 is 5.97 Å². The Bertz CT molecular complexity index is 1810. The van der Waals surface area contributed by atoms with E-state index < -0.39 is 30.5 Å². The monoisotopic (exact) mass is 652 g/mol. The van der Waals surface area contributed by atoms with Gasteiger partial charge in [0.2, 0.25) is 4.73 Å². The predicted molar refractivity (Wildman–Crippen MR) is 156 cm³/mol. The lowest BCUT2D eigenvalue weighted by atomic mass is 9.99. The first kappa shape index (κ1) is 27.2. The van der Waals surface area contributed by atoms with E-state index in [0.717, 1.165) is 11.1 Å². The third-order valence-electron chi connectivity index (χ3n) is 7.51. The van der Waals surface area contributed by atoms with Gasteiger partial charge in [0.15, 0.2) is 22.8 Å². The van der Waals surface area contributed by atoms with Crippen molar-refractivity contribution >= 4 is 61.4 Å². The fourth-order valence-electron chi connectivity index (χ4n) is 5.29. The topological polar surface area (TPSA) is 176 Å². The number of benzene rings is 2. The first-order chi connectivity index (χ1) is 20.4. The number of hydrogen-bond donors (Lipinski definition) is 3. The summed E-state index contributed by atoms with van der Waals surface area (Å²) in [6, 6.07) is 12.5. The second kappa shape index (κ2) is 10.9. The molecule has 4 N–H and O–H groups in total. The van der Waals surface area contributed by atoms with E-state index in [-0.39, 0.29) is 18.2 Å². The Morgan fingerprint density at radius 1 is 1.10 bits per heavy atom. The van der Waals surface area contributed by atoms with Crippen LogP contribution in [0.15, 0.2) is 58.9 Å². The fraction of sp³-hybridized carbons (Fsp3) is 0.333. The number of nitrogens with zero attached hydrogens (tertiary/aromatic N) is 7. The average molecular weight is 654 g/mol. The maximum atomic E-state index is 12.7. The second-order valence-electron chi connectivity index (χ2n) is 10.2. The summed E-state index contributed by atoms with van der Waals surface area (Å²) >= 11 is 4.69. The number of carbonyl (C=O) groups is 1. The Hall–Kier alpha value is -3.63. The number of anilines is 1. The molecule has 1 saturated heterocycles. The molecule has 1 unspecified atom stereocenters. The van der Waals surface area contributed by atoms with Crippen LogP contribution in [0, 0.1) is 0 Å². The molecule has 42 heavy (non-hydrogen) atoms. The van der Waals surface area contributed by atoms with Gasteiger partial charge in [-0.2, -0.15) is 0 Å². The van der Waals surface area contributed by atoms with Crippen molar-refractivity contribution in [2.45, 2.75) is 48.5 Å². The lowest BCUT2D eigenvalue weighted by Gasteiger charge is -2.16. The molecule has 7 rings (SSSR count). The van der Waals surface area contributed by atoms with E-state index in [1.165, 1.54) is 52.8 Å². The number of nitrogens with two attached hydrogens (primary N) is 1. The molecule has 3 aromatic heterocycles.